The molecule has 0 bridgehead atoms. The van der Waals surface area contributed by atoms with E-state index in [4.69, 9.17) is 0 Å². The molecular weight excluding hydrogens is 260 g/mol. The topological polar surface area (TPSA) is 0 Å². The van der Waals surface area contributed by atoms with Crippen molar-refractivity contribution in [1.82, 2.24) is 0 Å². The summed E-state index contributed by atoms with van der Waals surface area (Å²) in [5, 5.41) is 1.13. The minimum Gasteiger partial charge on any atom is -0.0925 e. The van der Waals surface area contributed by atoms with Crippen LogP contribution in [0.15, 0.2) is 30.3 Å². The first-order chi connectivity index (χ1) is 7.86. The molecule has 0 aromatic heterocycles. The summed E-state index contributed by atoms with van der Waals surface area (Å²) in [6, 6.07) is 10.8. The van der Waals surface area contributed by atoms with Gasteiger partial charge in [-0.05, 0) is 24.3 Å². The standard InChI is InChI=1S/C15H23Br/c1-2-3-4-6-11-15(13-16)12-14-9-7-5-8-10-14/h5,7-10,15H,2-4,6,11-13H2,1H3. The number of rotatable bonds is 8. The van der Waals surface area contributed by atoms with Crippen molar-refractivity contribution in [3.8, 4) is 0 Å². The van der Waals surface area contributed by atoms with Crippen LogP contribution in [0.4, 0.5) is 0 Å². The van der Waals surface area contributed by atoms with Gasteiger partial charge in [0.25, 0.3) is 0 Å². The fourth-order valence-electron chi connectivity index (χ4n) is 2.04. The van der Waals surface area contributed by atoms with E-state index in [2.05, 4.69) is 53.2 Å². The van der Waals surface area contributed by atoms with E-state index in [9.17, 15) is 0 Å². The van der Waals surface area contributed by atoms with Gasteiger partial charge in [0, 0.05) is 5.33 Å². The highest BCUT2D eigenvalue weighted by Crippen LogP contribution is 2.18. The largest absolute Gasteiger partial charge is 0.0925 e. The number of benzene rings is 1. The van der Waals surface area contributed by atoms with Gasteiger partial charge in [0.2, 0.25) is 0 Å². The molecule has 0 aliphatic rings. The molecule has 16 heavy (non-hydrogen) atoms. The molecule has 0 saturated heterocycles. The number of hydrogen-bond donors (Lipinski definition) is 0. The molecule has 0 saturated carbocycles. The van der Waals surface area contributed by atoms with Gasteiger partial charge in [-0.1, -0.05) is 78.9 Å². The molecule has 0 amide bonds. The van der Waals surface area contributed by atoms with Crippen LogP contribution in [-0.2, 0) is 6.42 Å². The zero-order valence-electron chi connectivity index (χ0n) is 10.3. The molecule has 0 nitrogen and oxygen atoms in total. The van der Waals surface area contributed by atoms with Crippen LogP contribution in [0.1, 0.15) is 44.6 Å². The van der Waals surface area contributed by atoms with Crippen molar-refractivity contribution in [3.05, 3.63) is 35.9 Å². The molecule has 0 spiro atoms. The van der Waals surface area contributed by atoms with Gasteiger partial charge < -0.3 is 0 Å². The summed E-state index contributed by atoms with van der Waals surface area (Å²) in [6.45, 7) is 2.27. The van der Waals surface area contributed by atoms with E-state index in [1.165, 1.54) is 44.1 Å². The molecule has 1 aromatic carbocycles. The van der Waals surface area contributed by atoms with Gasteiger partial charge in [-0.3, -0.25) is 0 Å². The SMILES string of the molecule is CCCCCCC(CBr)Cc1ccccc1. The molecule has 1 unspecified atom stereocenters. The normalized spacial score (nSPS) is 12.6. The van der Waals surface area contributed by atoms with E-state index in [1.807, 2.05) is 0 Å². The molecule has 1 rings (SSSR count). The molecule has 0 N–H and O–H groups in total. The average Bonchev–Trinajstić information content (AvgIpc) is 2.34. The molecule has 0 aliphatic carbocycles. The van der Waals surface area contributed by atoms with Gasteiger partial charge in [0.15, 0.2) is 0 Å². The zero-order chi connectivity index (χ0) is 11.6. The van der Waals surface area contributed by atoms with Gasteiger partial charge in [-0.25, -0.2) is 0 Å². The molecule has 0 aliphatic heterocycles. The number of hydrogen-bond acceptors (Lipinski definition) is 0. The van der Waals surface area contributed by atoms with Crippen molar-refractivity contribution >= 4 is 15.9 Å². The van der Waals surface area contributed by atoms with Crippen molar-refractivity contribution in [2.75, 3.05) is 5.33 Å². The maximum absolute atomic E-state index is 3.64. The van der Waals surface area contributed by atoms with Gasteiger partial charge in [-0.2, -0.15) is 0 Å². The predicted octanol–water partition coefficient (Wildman–Crippen LogP) is 5.21. The Bertz CT molecular complexity index is 255. The molecule has 1 aromatic rings. The molecule has 90 valence electrons. The number of halogens is 1. The molecule has 0 heterocycles. The van der Waals surface area contributed by atoms with Gasteiger partial charge in [0.05, 0.1) is 0 Å². The van der Waals surface area contributed by atoms with Crippen LogP contribution in [0, 0.1) is 5.92 Å². The summed E-state index contributed by atoms with van der Waals surface area (Å²) < 4.78 is 0. The summed E-state index contributed by atoms with van der Waals surface area (Å²) in [4.78, 5) is 0. The minimum atomic E-state index is 0.805. The first-order valence-corrected chi connectivity index (χ1v) is 7.58. The zero-order valence-corrected chi connectivity index (χ0v) is 11.9. The predicted molar refractivity (Wildman–Crippen MR) is 76.2 cm³/mol. The Hall–Kier alpha value is -0.300. The fraction of sp³-hybridized carbons (Fsp3) is 0.600. The van der Waals surface area contributed by atoms with Crippen LogP contribution in [0.25, 0.3) is 0 Å². The first kappa shape index (κ1) is 13.8. The highest BCUT2D eigenvalue weighted by Gasteiger charge is 2.07. The van der Waals surface area contributed by atoms with Crippen molar-refractivity contribution < 1.29 is 0 Å². The third-order valence-electron chi connectivity index (χ3n) is 3.05. The molecule has 1 heteroatoms. The Morgan fingerprint density at radius 3 is 2.44 bits per heavy atom. The summed E-state index contributed by atoms with van der Waals surface area (Å²) in [5.41, 5.74) is 1.47. The van der Waals surface area contributed by atoms with E-state index in [0.29, 0.717) is 0 Å². The van der Waals surface area contributed by atoms with E-state index in [0.717, 1.165) is 11.2 Å². The van der Waals surface area contributed by atoms with Crippen molar-refractivity contribution in [1.29, 1.82) is 0 Å². The van der Waals surface area contributed by atoms with Crippen LogP contribution >= 0.6 is 15.9 Å². The Kier molecular flexibility index (Phi) is 7.58. The lowest BCUT2D eigenvalue weighted by molar-refractivity contribution is 0.496. The van der Waals surface area contributed by atoms with Gasteiger partial charge >= 0.3 is 0 Å². The van der Waals surface area contributed by atoms with E-state index >= 15 is 0 Å². The Morgan fingerprint density at radius 1 is 1.06 bits per heavy atom. The maximum Gasteiger partial charge on any atom is 0.00628 e. The van der Waals surface area contributed by atoms with Crippen LogP contribution < -0.4 is 0 Å². The second-order valence-electron chi connectivity index (χ2n) is 4.56. The summed E-state index contributed by atoms with van der Waals surface area (Å²) in [6.07, 6.45) is 8.09. The lowest BCUT2D eigenvalue weighted by Gasteiger charge is -2.13. The lowest BCUT2D eigenvalue weighted by atomic mass is 9.95. The minimum absolute atomic E-state index is 0.805. The van der Waals surface area contributed by atoms with Crippen LogP contribution in [-0.4, -0.2) is 5.33 Å². The maximum atomic E-state index is 3.64. The monoisotopic (exact) mass is 282 g/mol. The van der Waals surface area contributed by atoms with Gasteiger partial charge in [-0.15, -0.1) is 0 Å². The molecule has 0 radical (unpaired) electrons. The van der Waals surface area contributed by atoms with Crippen LogP contribution in [0.2, 0.25) is 0 Å². The third-order valence-corrected chi connectivity index (χ3v) is 3.97. The van der Waals surface area contributed by atoms with Crippen LogP contribution in [0.5, 0.6) is 0 Å². The quantitative estimate of drug-likeness (QED) is 0.454. The van der Waals surface area contributed by atoms with Crippen LogP contribution in [0.3, 0.4) is 0 Å². The molecule has 1 atom stereocenters. The molecule has 0 fully saturated rings. The smallest absolute Gasteiger partial charge is 0.00628 e. The summed E-state index contributed by atoms with van der Waals surface area (Å²) in [7, 11) is 0. The molecular formula is C15H23Br. The average molecular weight is 283 g/mol. The fourth-order valence-corrected chi connectivity index (χ4v) is 2.59. The highest BCUT2D eigenvalue weighted by atomic mass is 79.9. The first-order valence-electron chi connectivity index (χ1n) is 6.46. The number of alkyl halides is 1. The van der Waals surface area contributed by atoms with Crippen molar-refractivity contribution in [3.63, 3.8) is 0 Å². The summed E-state index contributed by atoms with van der Waals surface area (Å²) >= 11 is 3.64. The van der Waals surface area contributed by atoms with Crippen molar-refractivity contribution in [2.24, 2.45) is 5.92 Å². The third kappa shape index (κ3) is 5.69. The Labute approximate surface area is 109 Å². The van der Waals surface area contributed by atoms with Gasteiger partial charge in [0.1, 0.15) is 0 Å². The van der Waals surface area contributed by atoms with E-state index < -0.39 is 0 Å². The lowest BCUT2D eigenvalue weighted by Crippen LogP contribution is -2.06. The Morgan fingerprint density at radius 2 is 1.81 bits per heavy atom. The van der Waals surface area contributed by atoms with E-state index in [1.54, 1.807) is 0 Å². The van der Waals surface area contributed by atoms with Crippen molar-refractivity contribution in [2.45, 2.75) is 45.4 Å². The Balaban J connectivity index is 2.26. The second kappa shape index (κ2) is 8.81. The second-order valence-corrected chi connectivity index (χ2v) is 5.21. The van der Waals surface area contributed by atoms with E-state index in [-0.39, 0.29) is 0 Å². The number of unbranched alkanes of at least 4 members (excludes halogenated alkanes) is 3. The highest BCUT2D eigenvalue weighted by molar-refractivity contribution is 9.09. The summed E-state index contributed by atoms with van der Waals surface area (Å²) in [5.74, 6) is 0.805.